The molecule has 0 heterocycles. The van der Waals surface area contributed by atoms with Gasteiger partial charge in [0.15, 0.2) is 17.3 Å². The molecular formula is C26H32BrF4IO5S. The van der Waals surface area contributed by atoms with Gasteiger partial charge in [-0.3, -0.25) is 0 Å². The molecule has 38 heavy (non-hydrogen) atoms. The van der Waals surface area contributed by atoms with Gasteiger partial charge in [0.2, 0.25) is 0 Å². The summed E-state index contributed by atoms with van der Waals surface area (Å²) in [6.45, 7) is -0.309. The standard InChI is InChI=1S/C14H25BrF2O5S.C12H8F2I/c15-11-9-7-5-3-1-2-4-6-8-10-12-22-13(18)14(16,17)23(19,20)21;13-9-3-1-5-11(7-9)15-12-6-2-4-10(14)8-12/h1-12H2,(H,19,20,21);1-8H/q;+1/p-1. The highest BCUT2D eigenvalue weighted by Gasteiger charge is 2.48. The third-order valence-corrected chi connectivity index (χ3v) is 9.05. The molecular weight excluding hydrogens is 707 g/mol. The highest BCUT2D eigenvalue weighted by atomic mass is 127. The molecule has 0 saturated heterocycles. The van der Waals surface area contributed by atoms with Gasteiger partial charge in [0.1, 0.15) is 11.6 Å². The highest BCUT2D eigenvalue weighted by Crippen LogP contribution is 2.22. The molecule has 0 atom stereocenters. The molecule has 2 aromatic rings. The Balaban J connectivity index is 0.000000411. The number of carbonyl (C=O) groups is 1. The molecule has 0 N–H and O–H groups in total. The molecule has 0 fully saturated rings. The molecule has 0 aliphatic carbocycles. The minimum atomic E-state index is -6.03. The van der Waals surface area contributed by atoms with Crippen LogP contribution in [0.2, 0.25) is 0 Å². The lowest BCUT2D eigenvalue weighted by atomic mass is 10.1. The van der Waals surface area contributed by atoms with Gasteiger partial charge in [-0.15, -0.1) is 0 Å². The van der Waals surface area contributed by atoms with Crippen molar-refractivity contribution in [3.8, 4) is 0 Å². The summed E-state index contributed by atoms with van der Waals surface area (Å²) in [5.74, 6) is -2.76. The zero-order valence-corrected chi connectivity index (χ0v) is 25.4. The van der Waals surface area contributed by atoms with Gasteiger partial charge in [0, 0.05) is 17.5 Å². The van der Waals surface area contributed by atoms with Crippen LogP contribution in [0.3, 0.4) is 0 Å². The molecule has 214 valence electrons. The molecule has 0 aromatic heterocycles. The van der Waals surface area contributed by atoms with Crippen molar-refractivity contribution in [3.05, 3.63) is 67.3 Å². The maximum atomic E-state index is 12.9. The fraction of sp³-hybridized carbons (Fsp3) is 0.500. The Kier molecular flexibility index (Phi) is 17.3. The van der Waals surface area contributed by atoms with E-state index in [1.807, 2.05) is 12.1 Å². The van der Waals surface area contributed by atoms with Crippen molar-refractivity contribution >= 4 is 32.0 Å². The van der Waals surface area contributed by atoms with E-state index in [1.54, 1.807) is 12.1 Å². The predicted molar refractivity (Wildman–Crippen MR) is 136 cm³/mol. The molecule has 0 bridgehead atoms. The summed E-state index contributed by atoms with van der Waals surface area (Å²) in [4.78, 5) is 10.8. The van der Waals surface area contributed by atoms with Crippen LogP contribution < -0.4 is 21.2 Å². The Morgan fingerprint density at radius 3 is 1.63 bits per heavy atom. The molecule has 0 amide bonds. The van der Waals surface area contributed by atoms with Crippen LogP contribution in [0.1, 0.15) is 64.2 Å². The van der Waals surface area contributed by atoms with Crippen LogP contribution in [0.5, 0.6) is 0 Å². The smallest absolute Gasteiger partial charge is 0.428 e. The van der Waals surface area contributed by atoms with Gasteiger partial charge in [-0.05, 0) is 37.1 Å². The molecule has 0 unspecified atom stereocenters. The van der Waals surface area contributed by atoms with E-state index in [0.29, 0.717) is 12.8 Å². The summed E-state index contributed by atoms with van der Waals surface area (Å²) in [6.07, 6.45) is 10.2. The number of benzene rings is 2. The SMILES string of the molecule is Fc1cccc([I+]c2cccc(F)c2)c1.O=C(OCCCCCCCCCCCCBr)C(F)(F)S(=O)(=O)[O-]. The van der Waals surface area contributed by atoms with E-state index in [0.717, 1.165) is 31.7 Å². The van der Waals surface area contributed by atoms with Crippen molar-refractivity contribution in [2.24, 2.45) is 0 Å². The largest absolute Gasteiger partial charge is 0.743 e. The number of alkyl halides is 3. The van der Waals surface area contributed by atoms with E-state index in [-0.39, 0.29) is 18.2 Å². The first-order chi connectivity index (χ1) is 18.0. The average molecular weight is 739 g/mol. The average Bonchev–Trinajstić information content (AvgIpc) is 2.84. The molecule has 0 aliphatic rings. The van der Waals surface area contributed by atoms with Gasteiger partial charge in [-0.25, -0.2) is 22.0 Å². The minimum absolute atomic E-state index is 0.233. The number of ether oxygens (including phenoxy) is 1. The van der Waals surface area contributed by atoms with Crippen LogP contribution in [-0.2, 0) is 19.6 Å². The van der Waals surface area contributed by atoms with Crippen LogP contribution in [0.25, 0.3) is 0 Å². The number of carbonyl (C=O) groups excluding carboxylic acids is 1. The monoisotopic (exact) mass is 738 g/mol. The highest BCUT2D eigenvalue weighted by molar-refractivity contribution is 9.09. The molecule has 2 aromatic carbocycles. The first-order valence-electron chi connectivity index (χ1n) is 12.2. The van der Waals surface area contributed by atoms with E-state index < -0.39 is 42.5 Å². The van der Waals surface area contributed by atoms with Crippen LogP contribution in [0, 0.1) is 18.8 Å². The summed E-state index contributed by atoms with van der Waals surface area (Å²) < 4.78 is 88.0. The Labute approximate surface area is 240 Å². The minimum Gasteiger partial charge on any atom is -0.743 e. The maximum Gasteiger partial charge on any atom is 0.428 e. The normalized spacial score (nSPS) is 11.5. The Hall–Kier alpha value is -1.25. The van der Waals surface area contributed by atoms with Gasteiger partial charge in [-0.1, -0.05) is 79.4 Å². The predicted octanol–water partition coefficient (Wildman–Crippen LogP) is 4.06. The van der Waals surface area contributed by atoms with Crippen molar-refractivity contribution in [2.45, 2.75) is 69.5 Å². The number of rotatable bonds is 16. The van der Waals surface area contributed by atoms with Crippen LogP contribution >= 0.6 is 15.9 Å². The van der Waals surface area contributed by atoms with Crippen molar-refractivity contribution in [3.63, 3.8) is 0 Å². The van der Waals surface area contributed by atoms with Gasteiger partial charge in [0.25, 0.3) is 0 Å². The lowest BCUT2D eigenvalue weighted by Gasteiger charge is -2.17. The quantitative estimate of drug-likeness (QED) is 0.0649. The van der Waals surface area contributed by atoms with Crippen LogP contribution in [0.4, 0.5) is 17.6 Å². The van der Waals surface area contributed by atoms with E-state index in [4.69, 9.17) is 0 Å². The van der Waals surface area contributed by atoms with Crippen molar-refractivity contribution in [1.82, 2.24) is 0 Å². The molecule has 12 heteroatoms. The zero-order chi connectivity index (χ0) is 28.4. The number of hydrogen-bond donors (Lipinski definition) is 0. The van der Waals surface area contributed by atoms with E-state index in [9.17, 15) is 35.3 Å². The van der Waals surface area contributed by atoms with Crippen molar-refractivity contribution < 1.29 is 61.3 Å². The molecule has 0 spiro atoms. The van der Waals surface area contributed by atoms with E-state index >= 15 is 0 Å². The summed E-state index contributed by atoms with van der Waals surface area (Å²) in [7, 11) is -6.03. The fourth-order valence-electron chi connectivity index (χ4n) is 3.13. The van der Waals surface area contributed by atoms with Gasteiger partial charge < -0.3 is 9.29 Å². The molecule has 2 rings (SSSR count). The third-order valence-electron chi connectivity index (χ3n) is 5.10. The Morgan fingerprint density at radius 2 is 1.24 bits per heavy atom. The molecule has 5 nitrogen and oxygen atoms in total. The van der Waals surface area contributed by atoms with Gasteiger partial charge in [-0.2, -0.15) is 8.78 Å². The fourth-order valence-corrected chi connectivity index (χ4v) is 6.18. The number of esters is 1. The lowest BCUT2D eigenvalue weighted by molar-refractivity contribution is -0.597. The van der Waals surface area contributed by atoms with Crippen molar-refractivity contribution in [2.75, 3.05) is 11.9 Å². The lowest BCUT2D eigenvalue weighted by Crippen LogP contribution is -3.61. The summed E-state index contributed by atoms with van der Waals surface area (Å²) in [6, 6.07) is 13.0. The maximum absolute atomic E-state index is 12.9. The Bertz CT molecular complexity index is 1030. The van der Waals surface area contributed by atoms with Gasteiger partial charge in [0.05, 0.1) is 6.61 Å². The second-order valence-electron chi connectivity index (χ2n) is 8.31. The summed E-state index contributed by atoms with van der Waals surface area (Å²) >= 11 is 2.90. The molecule has 0 aliphatic heterocycles. The van der Waals surface area contributed by atoms with Gasteiger partial charge >= 0.3 is 32.4 Å². The number of halogens is 6. The Morgan fingerprint density at radius 1 is 0.816 bits per heavy atom. The summed E-state index contributed by atoms with van der Waals surface area (Å²) in [5, 5.41) is -3.97. The van der Waals surface area contributed by atoms with Crippen LogP contribution in [-0.4, -0.2) is 36.1 Å². The molecule has 0 radical (unpaired) electrons. The number of hydrogen-bond acceptors (Lipinski definition) is 5. The third kappa shape index (κ3) is 14.8. The second kappa shape index (κ2) is 18.9. The number of unbranched alkanes of at least 4 members (excludes halogenated alkanes) is 9. The second-order valence-corrected chi connectivity index (χ2v) is 13.6. The first-order valence-corrected chi connectivity index (χ1v) is 16.9. The van der Waals surface area contributed by atoms with Crippen molar-refractivity contribution in [1.29, 1.82) is 0 Å². The van der Waals surface area contributed by atoms with Crippen LogP contribution in [0.15, 0.2) is 48.5 Å². The topological polar surface area (TPSA) is 83.5 Å². The van der Waals surface area contributed by atoms with E-state index in [2.05, 4.69) is 20.7 Å². The zero-order valence-electron chi connectivity index (χ0n) is 20.8. The van der Waals surface area contributed by atoms with E-state index in [1.165, 1.54) is 56.4 Å². The molecule has 0 saturated carbocycles. The first kappa shape index (κ1) is 34.8. The summed E-state index contributed by atoms with van der Waals surface area (Å²) in [5.41, 5.74) is 0.